The number of imidazole rings is 1. The number of rotatable bonds is 4. The Kier molecular flexibility index (Phi) is 4.64. The zero-order valence-corrected chi connectivity index (χ0v) is 25.4. The quantitative estimate of drug-likeness (QED) is 0.185. The summed E-state index contributed by atoms with van der Waals surface area (Å²) >= 11 is 0. The van der Waals surface area contributed by atoms with E-state index < -0.39 is 19.1 Å². The molecule has 46 heavy (non-hydrogen) atoms. The molecule has 220 valence electrons. The first-order valence-corrected chi connectivity index (χ1v) is 15.8. The lowest BCUT2D eigenvalue weighted by Gasteiger charge is -2.23. The molecule has 0 atom stereocenters. The predicted molar refractivity (Wildman–Crippen MR) is 194 cm³/mol. The number of aryl methyl sites for hydroxylation is 1. The molecule has 2 nitrogen and oxygen atoms in total. The van der Waals surface area contributed by atoms with E-state index in [2.05, 4.69) is 66.1 Å². The molecule has 0 spiro atoms. The molecule has 0 saturated heterocycles. The highest BCUT2D eigenvalue weighted by Crippen LogP contribution is 2.51. The van der Waals surface area contributed by atoms with Crippen molar-refractivity contribution in [2.75, 3.05) is 0 Å². The molecule has 0 N–H and O–H groups in total. The molecule has 1 heterocycles. The van der Waals surface area contributed by atoms with Gasteiger partial charge in [0.2, 0.25) is 0 Å². The van der Waals surface area contributed by atoms with Crippen molar-refractivity contribution < 1.29 is 8.22 Å². The minimum Gasteiger partial charge on any atom is -0.296 e. The van der Waals surface area contributed by atoms with E-state index in [1.54, 1.807) is 12.1 Å². The van der Waals surface area contributed by atoms with Gasteiger partial charge in [-0.15, -0.1) is 0 Å². The fourth-order valence-corrected chi connectivity index (χ4v) is 7.56. The molecular formula is C44H34N2. The number of fused-ring (bicyclic) bond motifs is 6. The number of hydrogen-bond acceptors (Lipinski definition) is 1. The number of nitrogens with zero attached hydrogens (tertiary/aromatic N) is 2. The maximum Gasteiger partial charge on any atom is 0.114 e. The van der Waals surface area contributed by atoms with Crippen molar-refractivity contribution in [2.45, 2.75) is 32.5 Å². The van der Waals surface area contributed by atoms with Gasteiger partial charge >= 0.3 is 0 Å². The van der Waals surface area contributed by atoms with Crippen LogP contribution in [0, 0.1) is 0 Å². The second kappa shape index (κ2) is 10.0. The molecule has 9 rings (SSSR count). The van der Waals surface area contributed by atoms with Gasteiger partial charge in [-0.05, 0) is 96.4 Å². The highest BCUT2D eigenvalue weighted by molar-refractivity contribution is 6.21. The molecule has 0 unspecified atom stereocenters. The van der Waals surface area contributed by atoms with Gasteiger partial charge in [-0.1, -0.05) is 130 Å². The second-order valence-electron chi connectivity index (χ2n) is 12.1. The number of para-hydroxylation sites is 2. The van der Waals surface area contributed by atoms with E-state index in [9.17, 15) is 0 Å². The summed E-state index contributed by atoms with van der Waals surface area (Å²) in [5.41, 5.74) is 6.74. The standard InChI is InChI=1S/C44H34N2/c1-4-41-45-39-19-11-12-20-40(39)46(41)30-24-21-28(22-25-30)42-33-14-5-7-16-35(33)43(36-17-8-6-15-34(36)42)29-23-26-32-31-13-9-10-18-37(31)44(2,3)38(32)27-29/h5-27H,4H2,1-3H3/i2D3,3D3. The summed E-state index contributed by atoms with van der Waals surface area (Å²) in [6, 6.07) is 46.2. The Morgan fingerprint density at radius 2 is 1.15 bits per heavy atom. The molecule has 2 heteroatoms. The van der Waals surface area contributed by atoms with Gasteiger partial charge in [0.25, 0.3) is 0 Å². The third-order valence-corrected chi connectivity index (χ3v) is 9.63. The van der Waals surface area contributed by atoms with Crippen LogP contribution < -0.4 is 0 Å². The Hall–Kier alpha value is -5.47. The molecule has 0 amide bonds. The van der Waals surface area contributed by atoms with Crippen LogP contribution in [-0.4, -0.2) is 9.55 Å². The van der Waals surface area contributed by atoms with Crippen LogP contribution >= 0.6 is 0 Å². The van der Waals surface area contributed by atoms with Gasteiger partial charge in [-0.2, -0.15) is 0 Å². The molecule has 1 aliphatic rings. The molecule has 1 aromatic heterocycles. The van der Waals surface area contributed by atoms with Crippen molar-refractivity contribution >= 4 is 32.6 Å². The summed E-state index contributed by atoms with van der Waals surface area (Å²) in [4.78, 5) is 4.88. The summed E-state index contributed by atoms with van der Waals surface area (Å²) in [7, 11) is 0. The SMILES string of the molecule is [2H]C([2H])([2H])C1(C([2H])([2H])[2H])c2ccccc2-c2ccc(-c3c4ccccc4c(-c4ccc(-n5c(CC)nc6ccccc65)cc4)c4ccccc34)cc21. The van der Waals surface area contributed by atoms with Crippen molar-refractivity contribution in [3.8, 4) is 39.1 Å². The molecular weight excluding hydrogens is 556 g/mol. The lowest BCUT2D eigenvalue weighted by molar-refractivity contribution is 0.660. The number of aromatic nitrogens is 2. The topological polar surface area (TPSA) is 17.8 Å². The van der Waals surface area contributed by atoms with E-state index in [1.807, 2.05) is 72.8 Å². The number of benzene rings is 7. The van der Waals surface area contributed by atoms with E-state index in [4.69, 9.17) is 13.2 Å². The zero-order valence-electron chi connectivity index (χ0n) is 31.4. The Balaban J connectivity index is 1.28. The van der Waals surface area contributed by atoms with Crippen LogP contribution in [0.3, 0.4) is 0 Å². The molecule has 7 aromatic carbocycles. The number of hydrogen-bond donors (Lipinski definition) is 0. The highest BCUT2D eigenvalue weighted by Gasteiger charge is 2.35. The summed E-state index contributed by atoms with van der Waals surface area (Å²) in [5.74, 6) is 1.01. The Morgan fingerprint density at radius 3 is 1.83 bits per heavy atom. The Bertz CT molecular complexity index is 2630. The summed E-state index contributed by atoms with van der Waals surface area (Å²) in [6.45, 7) is -3.55. The monoisotopic (exact) mass is 596 g/mol. The predicted octanol–water partition coefficient (Wildman–Crippen LogP) is 11.5. The van der Waals surface area contributed by atoms with Crippen molar-refractivity contribution in [3.05, 3.63) is 156 Å². The largest absolute Gasteiger partial charge is 0.296 e. The normalized spacial score (nSPS) is 15.8. The van der Waals surface area contributed by atoms with Crippen LogP contribution in [0.2, 0.25) is 0 Å². The van der Waals surface area contributed by atoms with Gasteiger partial charge < -0.3 is 0 Å². The average Bonchev–Trinajstić information content (AvgIpc) is 3.67. The molecule has 1 aliphatic carbocycles. The Labute approximate surface area is 278 Å². The van der Waals surface area contributed by atoms with Gasteiger partial charge in [0.05, 0.1) is 11.0 Å². The minimum absolute atomic E-state index is 0.317. The van der Waals surface area contributed by atoms with Gasteiger partial charge in [-0.25, -0.2) is 4.98 Å². The van der Waals surface area contributed by atoms with Gasteiger partial charge in [-0.3, -0.25) is 4.57 Å². The van der Waals surface area contributed by atoms with Crippen LogP contribution in [0.5, 0.6) is 0 Å². The minimum atomic E-state index is -2.83. The molecule has 0 aliphatic heterocycles. The zero-order chi connectivity index (χ0) is 36.0. The molecule has 0 saturated carbocycles. The van der Waals surface area contributed by atoms with Crippen molar-refractivity contribution in [1.82, 2.24) is 9.55 Å². The maximum atomic E-state index is 8.75. The van der Waals surface area contributed by atoms with E-state index in [1.165, 1.54) is 0 Å². The third kappa shape index (κ3) is 3.80. The Morgan fingerprint density at radius 1 is 0.587 bits per heavy atom. The van der Waals surface area contributed by atoms with E-state index in [-0.39, 0.29) is 0 Å². The fraction of sp³-hybridized carbons (Fsp3) is 0.114. The van der Waals surface area contributed by atoms with Crippen LogP contribution in [0.4, 0.5) is 0 Å². The van der Waals surface area contributed by atoms with Gasteiger partial charge in [0, 0.05) is 25.7 Å². The molecule has 8 aromatic rings. The lowest BCUT2D eigenvalue weighted by Crippen LogP contribution is -2.14. The summed E-state index contributed by atoms with van der Waals surface area (Å²) in [6.07, 6.45) is 0.807. The van der Waals surface area contributed by atoms with Crippen LogP contribution in [0.1, 0.15) is 45.8 Å². The van der Waals surface area contributed by atoms with Gasteiger partial charge in [0.1, 0.15) is 5.82 Å². The molecule has 0 fully saturated rings. The lowest BCUT2D eigenvalue weighted by atomic mass is 9.80. The molecule has 0 bridgehead atoms. The highest BCUT2D eigenvalue weighted by atomic mass is 15.1. The van der Waals surface area contributed by atoms with Crippen LogP contribution in [0.25, 0.3) is 71.6 Å². The third-order valence-electron chi connectivity index (χ3n) is 9.63. The average molecular weight is 597 g/mol. The van der Waals surface area contributed by atoms with E-state index >= 15 is 0 Å². The van der Waals surface area contributed by atoms with Crippen LogP contribution in [-0.2, 0) is 11.8 Å². The first kappa shape index (κ1) is 21.3. The second-order valence-corrected chi connectivity index (χ2v) is 12.1. The van der Waals surface area contributed by atoms with Gasteiger partial charge in [0.15, 0.2) is 0 Å². The van der Waals surface area contributed by atoms with Crippen molar-refractivity contribution in [3.63, 3.8) is 0 Å². The van der Waals surface area contributed by atoms with E-state index in [0.29, 0.717) is 22.3 Å². The van der Waals surface area contributed by atoms with Crippen molar-refractivity contribution in [1.29, 1.82) is 0 Å². The fourth-order valence-electron chi connectivity index (χ4n) is 7.56. The smallest absolute Gasteiger partial charge is 0.114 e. The summed E-state index contributed by atoms with van der Waals surface area (Å²) in [5, 5.41) is 4.09. The first-order chi connectivity index (χ1) is 25.0. The van der Waals surface area contributed by atoms with Crippen molar-refractivity contribution in [2.24, 2.45) is 0 Å². The summed E-state index contributed by atoms with van der Waals surface area (Å²) < 4.78 is 54.7. The molecule has 0 radical (unpaired) electrons. The van der Waals surface area contributed by atoms with Crippen LogP contribution in [0.15, 0.2) is 140 Å². The van der Waals surface area contributed by atoms with E-state index in [0.717, 1.165) is 72.8 Å². The maximum absolute atomic E-state index is 8.75. The first-order valence-electron chi connectivity index (χ1n) is 18.8.